The predicted octanol–water partition coefficient (Wildman–Crippen LogP) is 3.22. The first-order valence-electron chi connectivity index (χ1n) is 5.33. The summed E-state index contributed by atoms with van der Waals surface area (Å²) >= 11 is 3.27. The maximum Gasteiger partial charge on any atom is 0.334 e. The minimum atomic E-state index is -0.394. The van der Waals surface area contributed by atoms with Crippen LogP contribution in [0, 0.1) is 6.92 Å². The van der Waals surface area contributed by atoms with E-state index in [1.165, 1.54) is 6.08 Å². The van der Waals surface area contributed by atoms with E-state index in [9.17, 15) is 4.79 Å². The standard InChI is InChI=1S/C13H15BrO3/c1-3-16-13(15)8-12(9-14)17-11-6-4-5-10(2)7-11/h4-8H,3,9H2,1-2H3/b12-8-. The molecular weight excluding hydrogens is 284 g/mol. The lowest BCUT2D eigenvalue weighted by Gasteiger charge is -2.08. The number of benzene rings is 1. The fourth-order valence-corrected chi connectivity index (χ4v) is 1.52. The zero-order chi connectivity index (χ0) is 12.7. The van der Waals surface area contributed by atoms with Crippen molar-refractivity contribution < 1.29 is 14.3 Å². The van der Waals surface area contributed by atoms with Gasteiger partial charge >= 0.3 is 5.97 Å². The molecule has 0 aliphatic heterocycles. The number of hydrogen-bond acceptors (Lipinski definition) is 3. The monoisotopic (exact) mass is 298 g/mol. The Hall–Kier alpha value is -1.29. The van der Waals surface area contributed by atoms with Gasteiger partial charge in [0.05, 0.1) is 18.0 Å². The Kier molecular flexibility index (Phi) is 5.77. The van der Waals surface area contributed by atoms with Gasteiger partial charge in [-0.05, 0) is 31.5 Å². The number of carbonyl (C=O) groups excluding carboxylic acids is 1. The van der Waals surface area contributed by atoms with Crippen LogP contribution in [0.3, 0.4) is 0 Å². The molecule has 0 fully saturated rings. The van der Waals surface area contributed by atoms with Crippen molar-refractivity contribution in [1.82, 2.24) is 0 Å². The summed E-state index contributed by atoms with van der Waals surface area (Å²) in [7, 11) is 0. The van der Waals surface area contributed by atoms with Gasteiger partial charge in [0.15, 0.2) is 0 Å². The molecule has 0 unspecified atom stereocenters. The Morgan fingerprint density at radius 2 is 2.24 bits per heavy atom. The van der Waals surface area contributed by atoms with Crippen molar-refractivity contribution in [2.75, 3.05) is 11.9 Å². The Labute approximate surface area is 110 Å². The summed E-state index contributed by atoms with van der Waals surface area (Å²) in [6.45, 7) is 4.10. The number of esters is 1. The molecule has 0 amide bonds. The molecule has 0 bridgehead atoms. The molecular formula is C13H15BrO3. The van der Waals surface area contributed by atoms with E-state index < -0.39 is 5.97 Å². The van der Waals surface area contributed by atoms with Crippen LogP contribution in [0.4, 0.5) is 0 Å². The van der Waals surface area contributed by atoms with Crippen LogP contribution in [0.2, 0.25) is 0 Å². The molecule has 0 radical (unpaired) electrons. The summed E-state index contributed by atoms with van der Waals surface area (Å²) in [5, 5.41) is 0.458. The highest BCUT2D eigenvalue weighted by molar-refractivity contribution is 9.09. The van der Waals surface area contributed by atoms with Gasteiger partial charge in [-0.3, -0.25) is 0 Å². The van der Waals surface area contributed by atoms with Gasteiger partial charge in [0.1, 0.15) is 11.5 Å². The molecule has 0 atom stereocenters. The van der Waals surface area contributed by atoms with Gasteiger partial charge in [0, 0.05) is 0 Å². The summed E-state index contributed by atoms with van der Waals surface area (Å²) in [4.78, 5) is 11.3. The van der Waals surface area contributed by atoms with E-state index in [0.29, 0.717) is 23.4 Å². The van der Waals surface area contributed by atoms with E-state index in [1.807, 2.05) is 31.2 Å². The lowest BCUT2D eigenvalue weighted by atomic mass is 10.2. The first-order valence-corrected chi connectivity index (χ1v) is 6.45. The van der Waals surface area contributed by atoms with Gasteiger partial charge in [-0.25, -0.2) is 4.79 Å². The molecule has 1 aromatic rings. The van der Waals surface area contributed by atoms with E-state index in [0.717, 1.165) is 5.56 Å². The smallest absolute Gasteiger partial charge is 0.334 e. The Bertz CT molecular complexity index is 413. The fourth-order valence-electron chi connectivity index (χ4n) is 1.24. The fraction of sp³-hybridized carbons (Fsp3) is 0.308. The number of rotatable bonds is 5. The van der Waals surface area contributed by atoms with Crippen molar-refractivity contribution in [2.45, 2.75) is 13.8 Å². The molecule has 0 saturated carbocycles. The minimum absolute atomic E-state index is 0.356. The quantitative estimate of drug-likeness (QED) is 0.362. The number of carbonyl (C=O) groups is 1. The molecule has 1 rings (SSSR count). The van der Waals surface area contributed by atoms with Crippen LogP contribution in [-0.4, -0.2) is 17.9 Å². The molecule has 1 aromatic carbocycles. The summed E-state index contributed by atoms with van der Waals surface area (Å²) in [5.74, 6) is 0.837. The molecule has 3 nitrogen and oxygen atoms in total. The van der Waals surface area contributed by atoms with E-state index in [1.54, 1.807) is 6.92 Å². The van der Waals surface area contributed by atoms with Crippen LogP contribution in [0.1, 0.15) is 12.5 Å². The number of hydrogen-bond donors (Lipinski definition) is 0. The second kappa shape index (κ2) is 7.12. The maximum atomic E-state index is 11.3. The number of aryl methyl sites for hydroxylation is 1. The average Bonchev–Trinajstić information content (AvgIpc) is 2.28. The first kappa shape index (κ1) is 13.8. The second-order valence-corrected chi connectivity index (χ2v) is 3.98. The number of alkyl halides is 1. The highest BCUT2D eigenvalue weighted by Crippen LogP contribution is 2.16. The van der Waals surface area contributed by atoms with E-state index >= 15 is 0 Å². The molecule has 0 spiro atoms. The van der Waals surface area contributed by atoms with Gasteiger partial charge in [-0.1, -0.05) is 28.1 Å². The van der Waals surface area contributed by atoms with Crippen molar-refractivity contribution >= 4 is 21.9 Å². The highest BCUT2D eigenvalue weighted by atomic mass is 79.9. The summed E-state index contributed by atoms with van der Waals surface area (Å²) in [6, 6.07) is 7.63. The lowest BCUT2D eigenvalue weighted by Crippen LogP contribution is -2.05. The zero-order valence-corrected chi connectivity index (χ0v) is 11.5. The van der Waals surface area contributed by atoms with Crippen LogP contribution in [0.15, 0.2) is 36.1 Å². The summed E-state index contributed by atoms with van der Waals surface area (Å²) in [6.07, 6.45) is 1.35. The van der Waals surface area contributed by atoms with Crippen molar-refractivity contribution in [3.8, 4) is 5.75 Å². The van der Waals surface area contributed by atoms with Gasteiger partial charge in [-0.2, -0.15) is 0 Å². The summed E-state index contributed by atoms with van der Waals surface area (Å²) < 4.78 is 10.4. The van der Waals surface area contributed by atoms with Gasteiger partial charge in [0.2, 0.25) is 0 Å². The largest absolute Gasteiger partial charge is 0.463 e. The Morgan fingerprint density at radius 3 is 2.82 bits per heavy atom. The third-order valence-electron chi connectivity index (χ3n) is 1.94. The van der Waals surface area contributed by atoms with E-state index in [-0.39, 0.29) is 0 Å². The van der Waals surface area contributed by atoms with Crippen LogP contribution in [-0.2, 0) is 9.53 Å². The molecule has 0 aromatic heterocycles. The van der Waals surface area contributed by atoms with Gasteiger partial charge in [-0.15, -0.1) is 0 Å². The Balaban J connectivity index is 2.73. The van der Waals surface area contributed by atoms with Crippen molar-refractivity contribution in [1.29, 1.82) is 0 Å². The molecule has 0 N–H and O–H groups in total. The molecule has 92 valence electrons. The topological polar surface area (TPSA) is 35.5 Å². The Morgan fingerprint density at radius 1 is 1.47 bits per heavy atom. The lowest BCUT2D eigenvalue weighted by molar-refractivity contribution is -0.137. The van der Waals surface area contributed by atoms with Crippen LogP contribution < -0.4 is 4.74 Å². The average molecular weight is 299 g/mol. The van der Waals surface area contributed by atoms with Crippen LogP contribution in [0.25, 0.3) is 0 Å². The molecule has 17 heavy (non-hydrogen) atoms. The highest BCUT2D eigenvalue weighted by Gasteiger charge is 2.04. The van der Waals surface area contributed by atoms with Gasteiger partial charge in [0.25, 0.3) is 0 Å². The SMILES string of the molecule is CCOC(=O)/C=C(/CBr)Oc1cccc(C)c1. The maximum absolute atomic E-state index is 11.3. The van der Waals surface area contributed by atoms with Crippen LogP contribution in [0.5, 0.6) is 5.75 Å². The zero-order valence-electron chi connectivity index (χ0n) is 9.90. The van der Waals surface area contributed by atoms with E-state index in [4.69, 9.17) is 9.47 Å². The van der Waals surface area contributed by atoms with Crippen molar-refractivity contribution in [2.24, 2.45) is 0 Å². The number of ether oxygens (including phenoxy) is 2. The molecule has 0 heterocycles. The number of allylic oxidation sites excluding steroid dienone is 1. The van der Waals surface area contributed by atoms with Gasteiger partial charge < -0.3 is 9.47 Å². The molecule has 0 aliphatic rings. The predicted molar refractivity (Wildman–Crippen MR) is 70.3 cm³/mol. The summed E-state index contributed by atoms with van der Waals surface area (Å²) in [5.41, 5.74) is 1.10. The van der Waals surface area contributed by atoms with Crippen LogP contribution >= 0.6 is 15.9 Å². The molecule has 0 saturated heterocycles. The third kappa shape index (κ3) is 5.04. The van der Waals surface area contributed by atoms with E-state index in [2.05, 4.69) is 15.9 Å². The normalized spacial score (nSPS) is 11.1. The van der Waals surface area contributed by atoms with Crippen molar-refractivity contribution in [3.63, 3.8) is 0 Å². The first-order chi connectivity index (χ1) is 8.15. The minimum Gasteiger partial charge on any atom is -0.463 e. The molecule has 0 aliphatic carbocycles. The van der Waals surface area contributed by atoms with Crippen molar-refractivity contribution in [3.05, 3.63) is 41.7 Å². The second-order valence-electron chi connectivity index (χ2n) is 3.41. The third-order valence-corrected chi connectivity index (χ3v) is 2.49. The molecule has 4 heteroatoms. The number of halogens is 1.